The quantitative estimate of drug-likeness (QED) is 0.695. The van der Waals surface area contributed by atoms with Gasteiger partial charge in [-0.3, -0.25) is 4.79 Å². The van der Waals surface area contributed by atoms with E-state index in [0.29, 0.717) is 43.6 Å². The highest BCUT2D eigenvalue weighted by Crippen LogP contribution is 2.34. The summed E-state index contributed by atoms with van der Waals surface area (Å²) in [6, 6.07) is 5.80. The summed E-state index contributed by atoms with van der Waals surface area (Å²) in [7, 11) is 3.27. The van der Waals surface area contributed by atoms with Gasteiger partial charge >= 0.3 is 6.03 Å². The van der Waals surface area contributed by atoms with Crippen LogP contribution in [0.15, 0.2) is 30.9 Å². The van der Waals surface area contributed by atoms with Crippen molar-refractivity contribution < 1.29 is 19.1 Å². The molecule has 0 aromatic heterocycles. The highest BCUT2D eigenvalue weighted by atomic mass is 16.5. The van der Waals surface area contributed by atoms with E-state index < -0.39 is 0 Å². The van der Waals surface area contributed by atoms with Crippen LogP contribution in [0.1, 0.15) is 24.8 Å². The molecule has 2 saturated heterocycles. The lowest BCUT2D eigenvalue weighted by molar-refractivity contribution is -0.131. The number of amides is 3. The number of hydrogen-bond donors (Lipinski definition) is 1. The molecule has 2 aliphatic rings. The van der Waals surface area contributed by atoms with Crippen LogP contribution >= 0.6 is 0 Å². The summed E-state index contributed by atoms with van der Waals surface area (Å²) in [5.74, 6) is 2.38. The van der Waals surface area contributed by atoms with E-state index in [0.717, 1.165) is 43.7 Å². The Balaban J connectivity index is 1.59. The Morgan fingerprint density at radius 3 is 2.77 bits per heavy atom. The number of benzene rings is 1. The first-order valence-corrected chi connectivity index (χ1v) is 10.7. The molecular formula is C23H33N3O4. The van der Waals surface area contributed by atoms with E-state index in [-0.39, 0.29) is 11.9 Å². The van der Waals surface area contributed by atoms with Gasteiger partial charge in [0.1, 0.15) is 0 Å². The highest BCUT2D eigenvalue weighted by Gasteiger charge is 2.36. The van der Waals surface area contributed by atoms with Crippen molar-refractivity contribution >= 4 is 11.9 Å². The molecule has 164 valence electrons. The zero-order valence-electron chi connectivity index (χ0n) is 18.1. The minimum atomic E-state index is -0.0362. The molecule has 30 heavy (non-hydrogen) atoms. The second kappa shape index (κ2) is 10.4. The van der Waals surface area contributed by atoms with Crippen LogP contribution in [0.3, 0.4) is 0 Å². The van der Waals surface area contributed by atoms with Gasteiger partial charge in [-0.1, -0.05) is 18.2 Å². The fourth-order valence-electron chi connectivity index (χ4n) is 4.57. The zero-order chi connectivity index (χ0) is 21.5. The number of fused-ring (bicyclic) bond motifs is 1. The fraction of sp³-hybridized carbons (Fsp3) is 0.565. The van der Waals surface area contributed by atoms with Gasteiger partial charge < -0.3 is 24.6 Å². The SMILES string of the molecule is C=CCNC(=O)N1CC[C@H]2CC(=O)N(CCc3cccc(OC)c3OC)CC[C@@H]2C1. The van der Waals surface area contributed by atoms with Gasteiger partial charge in [-0.2, -0.15) is 0 Å². The summed E-state index contributed by atoms with van der Waals surface area (Å²) in [4.78, 5) is 29.0. The number of para-hydroxylation sites is 1. The topological polar surface area (TPSA) is 71.1 Å². The summed E-state index contributed by atoms with van der Waals surface area (Å²) in [5.41, 5.74) is 1.04. The van der Waals surface area contributed by atoms with Crippen molar-refractivity contribution in [3.05, 3.63) is 36.4 Å². The zero-order valence-corrected chi connectivity index (χ0v) is 18.1. The monoisotopic (exact) mass is 415 g/mol. The van der Waals surface area contributed by atoms with Gasteiger partial charge in [0.2, 0.25) is 5.91 Å². The van der Waals surface area contributed by atoms with Crippen LogP contribution in [-0.4, -0.2) is 68.7 Å². The largest absolute Gasteiger partial charge is 0.493 e. The summed E-state index contributed by atoms with van der Waals surface area (Å²) < 4.78 is 10.9. The second-order valence-electron chi connectivity index (χ2n) is 8.01. The summed E-state index contributed by atoms with van der Waals surface area (Å²) in [6.07, 6.45) is 4.79. The molecule has 0 spiro atoms. The molecule has 2 fully saturated rings. The number of methoxy groups -OCH3 is 2. The van der Waals surface area contributed by atoms with Gasteiger partial charge in [-0.05, 0) is 42.7 Å². The third-order valence-corrected chi connectivity index (χ3v) is 6.27. The van der Waals surface area contributed by atoms with Crippen LogP contribution in [0.5, 0.6) is 11.5 Å². The number of rotatable bonds is 7. The maximum atomic E-state index is 12.9. The Hall–Kier alpha value is -2.70. The first-order valence-electron chi connectivity index (χ1n) is 10.7. The molecule has 2 atom stereocenters. The molecule has 3 rings (SSSR count). The molecule has 1 aromatic carbocycles. The predicted octanol–water partition coefficient (Wildman–Crippen LogP) is 2.70. The number of likely N-dealkylation sites (tertiary alicyclic amines) is 2. The van der Waals surface area contributed by atoms with E-state index in [1.807, 2.05) is 28.0 Å². The normalized spacial score (nSPS) is 21.5. The number of carbonyl (C=O) groups is 2. The van der Waals surface area contributed by atoms with Crippen molar-refractivity contribution in [3.63, 3.8) is 0 Å². The Morgan fingerprint density at radius 1 is 1.23 bits per heavy atom. The van der Waals surface area contributed by atoms with Crippen LogP contribution in [0.25, 0.3) is 0 Å². The van der Waals surface area contributed by atoms with E-state index in [4.69, 9.17) is 9.47 Å². The van der Waals surface area contributed by atoms with Crippen molar-refractivity contribution in [2.45, 2.75) is 25.7 Å². The van der Waals surface area contributed by atoms with Gasteiger partial charge in [-0.15, -0.1) is 6.58 Å². The molecule has 3 amide bonds. The average Bonchev–Trinajstić information content (AvgIpc) is 2.93. The molecule has 1 N–H and O–H groups in total. The molecule has 7 nitrogen and oxygen atoms in total. The van der Waals surface area contributed by atoms with Crippen LogP contribution in [0, 0.1) is 11.8 Å². The Labute approximate surface area is 179 Å². The number of piperidine rings is 1. The van der Waals surface area contributed by atoms with E-state index in [9.17, 15) is 9.59 Å². The number of nitrogens with zero attached hydrogens (tertiary/aromatic N) is 2. The number of urea groups is 1. The molecule has 1 aromatic rings. The van der Waals surface area contributed by atoms with Crippen molar-refractivity contribution in [2.24, 2.45) is 11.8 Å². The van der Waals surface area contributed by atoms with Crippen molar-refractivity contribution in [3.8, 4) is 11.5 Å². The maximum Gasteiger partial charge on any atom is 0.317 e. The Bertz CT molecular complexity index is 767. The molecule has 0 saturated carbocycles. The van der Waals surface area contributed by atoms with E-state index >= 15 is 0 Å². The number of carbonyl (C=O) groups excluding carboxylic acids is 2. The van der Waals surface area contributed by atoms with Gasteiger partial charge in [0.15, 0.2) is 11.5 Å². The van der Waals surface area contributed by atoms with Crippen LogP contribution in [-0.2, 0) is 11.2 Å². The molecule has 2 aliphatic heterocycles. The molecule has 0 aliphatic carbocycles. The maximum absolute atomic E-state index is 12.9. The first-order chi connectivity index (χ1) is 14.6. The van der Waals surface area contributed by atoms with E-state index in [1.54, 1.807) is 20.3 Å². The molecule has 0 bridgehead atoms. The number of nitrogens with one attached hydrogen (secondary N) is 1. The van der Waals surface area contributed by atoms with Gasteiger partial charge in [-0.25, -0.2) is 4.79 Å². The van der Waals surface area contributed by atoms with Crippen LogP contribution in [0.4, 0.5) is 4.79 Å². The lowest BCUT2D eigenvalue weighted by atomic mass is 9.82. The Morgan fingerprint density at radius 2 is 2.03 bits per heavy atom. The smallest absolute Gasteiger partial charge is 0.317 e. The standard InChI is InChI=1S/C23H33N3O4/c1-4-11-24-23(28)26-14-9-18-15-21(27)25(13-10-19(18)16-26)12-8-17-6-5-7-20(29-2)22(17)30-3/h4-7,18-19H,1,8-16H2,2-3H3,(H,24,28)/t18-,19+/m0/s1. The third kappa shape index (κ3) is 5.07. The van der Waals surface area contributed by atoms with Gasteiger partial charge in [0.25, 0.3) is 0 Å². The van der Waals surface area contributed by atoms with Gasteiger partial charge in [0.05, 0.1) is 14.2 Å². The van der Waals surface area contributed by atoms with Gasteiger partial charge in [0, 0.05) is 39.1 Å². The third-order valence-electron chi connectivity index (χ3n) is 6.27. The second-order valence-corrected chi connectivity index (χ2v) is 8.01. The lowest BCUT2D eigenvalue weighted by Crippen LogP contribution is -2.48. The summed E-state index contributed by atoms with van der Waals surface area (Å²) >= 11 is 0. The number of hydrogen-bond acceptors (Lipinski definition) is 4. The molecule has 0 unspecified atom stereocenters. The fourth-order valence-corrected chi connectivity index (χ4v) is 4.57. The lowest BCUT2D eigenvalue weighted by Gasteiger charge is -2.37. The highest BCUT2D eigenvalue weighted by molar-refractivity contribution is 5.77. The summed E-state index contributed by atoms with van der Waals surface area (Å²) in [6.45, 7) is 6.93. The summed E-state index contributed by atoms with van der Waals surface area (Å²) in [5, 5.41) is 2.86. The molecule has 0 radical (unpaired) electrons. The van der Waals surface area contributed by atoms with Crippen LogP contribution < -0.4 is 14.8 Å². The molecule has 2 heterocycles. The minimum Gasteiger partial charge on any atom is -0.493 e. The van der Waals surface area contributed by atoms with Crippen LogP contribution in [0.2, 0.25) is 0 Å². The molecule has 7 heteroatoms. The average molecular weight is 416 g/mol. The first kappa shape index (κ1) is 22.0. The minimum absolute atomic E-state index is 0.0362. The number of ether oxygens (including phenoxy) is 2. The predicted molar refractivity (Wildman–Crippen MR) is 116 cm³/mol. The van der Waals surface area contributed by atoms with Crippen molar-refractivity contribution in [1.82, 2.24) is 15.1 Å². The Kier molecular flexibility index (Phi) is 7.60. The van der Waals surface area contributed by atoms with Crippen molar-refractivity contribution in [1.29, 1.82) is 0 Å². The van der Waals surface area contributed by atoms with E-state index in [1.165, 1.54) is 0 Å². The van der Waals surface area contributed by atoms with E-state index in [2.05, 4.69) is 11.9 Å². The molecular weight excluding hydrogens is 382 g/mol. The van der Waals surface area contributed by atoms with Crippen molar-refractivity contribution in [2.75, 3.05) is 46.9 Å².